The van der Waals surface area contributed by atoms with Crippen molar-refractivity contribution in [1.29, 1.82) is 0 Å². The minimum Gasteiger partial charge on any atom is -0.493 e. The van der Waals surface area contributed by atoms with E-state index in [4.69, 9.17) is 16.3 Å². The van der Waals surface area contributed by atoms with Crippen LogP contribution in [0.3, 0.4) is 0 Å². The summed E-state index contributed by atoms with van der Waals surface area (Å²) < 4.78 is 5.59. The Hall–Kier alpha value is -1.87. The Morgan fingerprint density at radius 1 is 1.42 bits per heavy atom. The third-order valence-corrected chi connectivity index (χ3v) is 3.38. The lowest BCUT2D eigenvalue weighted by atomic mass is 10.0. The highest BCUT2D eigenvalue weighted by Crippen LogP contribution is 2.33. The summed E-state index contributed by atoms with van der Waals surface area (Å²) in [5.41, 5.74) is 2.55. The molecule has 2 aromatic rings. The molecule has 0 unspecified atom stereocenters. The maximum atomic E-state index is 12.2. The van der Waals surface area contributed by atoms with Gasteiger partial charge in [-0.25, -0.2) is 0 Å². The molecule has 0 N–H and O–H groups in total. The molecule has 0 spiro atoms. The van der Waals surface area contributed by atoms with E-state index >= 15 is 0 Å². The monoisotopic (exact) mass is 273 g/mol. The molecular formula is C15H12ClNO2. The molecule has 4 heteroatoms. The Morgan fingerprint density at radius 3 is 3.11 bits per heavy atom. The fourth-order valence-corrected chi connectivity index (χ4v) is 2.54. The topological polar surface area (TPSA) is 39.2 Å². The van der Waals surface area contributed by atoms with Gasteiger partial charge < -0.3 is 4.74 Å². The minimum absolute atomic E-state index is 0.0214. The Labute approximate surface area is 116 Å². The van der Waals surface area contributed by atoms with Gasteiger partial charge in [0.25, 0.3) is 0 Å². The van der Waals surface area contributed by atoms with Gasteiger partial charge in [0.1, 0.15) is 5.75 Å². The number of ether oxygens (including phenoxy) is 1. The highest BCUT2D eigenvalue weighted by molar-refractivity contribution is 6.30. The highest BCUT2D eigenvalue weighted by atomic mass is 35.5. The maximum Gasteiger partial charge on any atom is 0.168 e. The molecule has 3 nitrogen and oxygen atoms in total. The Bertz CT molecular complexity index is 626. The van der Waals surface area contributed by atoms with Crippen LogP contribution in [0, 0.1) is 0 Å². The van der Waals surface area contributed by atoms with E-state index < -0.39 is 0 Å². The van der Waals surface area contributed by atoms with Crippen LogP contribution in [0.15, 0.2) is 36.7 Å². The van der Waals surface area contributed by atoms with Crippen LogP contribution in [-0.4, -0.2) is 17.4 Å². The summed E-state index contributed by atoms with van der Waals surface area (Å²) >= 11 is 6.08. The van der Waals surface area contributed by atoms with Gasteiger partial charge >= 0.3 is 0 Å². The maximum absolute atomic E-state index is 12.2. The van der Waals surface area contributed by atoms with Gasteiger partial charge in [0.15, 0.2) is 5.78 Å². The third-order valence-electron chi connectivity index (χ3n) is 3.16. The summed E-state index contributed by atoms with van der Waals surface area (Å²) in [6.45, 7) is 0.657. The van der Waals surface area contributed by atoms with E-state index in [1.807, 2.05) is 6.07 Å². The molecule has 3 rings (SSSR count). The molecule has 0 saturated carbocycles. The Morgan fingerprint density at radius 2 is 2.32 bits per heavy atom. The molecule has 0 saturated heterocycles. The lowest BCUT2D eigenvalue weighted by Crippen LogP contribution is -2.05. The van der Waals surface area contributed by atoms with E-state index in [9.17, 15) is 4.79 Å². The molecular weight excluding hydrogens is 262 g/mol. The normalized spacial score (nSPS) is 12.9. The van der Waals surface area contributed by atoms with Crippen LogP contribution in [0.2, 0.25) is 5.02 Å². The molecule has 0 radical (unpaired) electrons. The molecule has 1 aliphatic heterocycles. The van der Waals surface area contributed by atoms with Crippen molar-refractivity contribution < 1.29 is 9.53 Å². The summed E-state index contributed by atoms with van der Waals surface area (Å²) in [5.74, 6) is 0.842. The second-order valence-electron chi connectivity index (χ2n) is 4.49. The number of rotatable bonds is 3. The van der Waals surface area contributed by atoms with Crippen molar-refractivity contribution in [2.75, 3.05) is 6.61 Å². The first-order valence-electron chi connectivity index (χ1n) is 6.11. The van der Waals surface area contributed by atoms with Gasteiger partial charge in [-0.05, 0) is 29.8 Å². The molecule has 1 aromatic carbocycles. The van der Waals surface area contributed by atoms with Crippen molar-refractivity contribution in [1.82, 2.24) is 4.98 Å². The first-order valence-corrected chi connectivity index (χ1v) is 6.49. The molecule has 2 heterocycles. The number of hydrogen-bond donors (Lipinski definition) is 0. The zero-order chi connectivity index (χ0) is 13.2. The first-order chi connectivity index (χ1) is 9.24. The molecule has 0 amide bonds. The summed E-state index contributed by atoms with van der Waals surface area (Å²) in [4.78, 5) is 16.1. The van der Waals surface area contributed by atoms with Crippen molar-refractivity contribution in [2.24, 2.45) is 0 Å². The summed E-state index contributed by atoms with van der Waals surface area (Å²) in [5, 5.41) is 0.651. The number of halogens is 1. The zero-order valence-corrected chi connectivity index (χ0v) is 11.0. The lowest BCUT2D eigenvalue weighted by Gasteiger charge is -2.08. The first kappa shape index (κ1) is 12.2. The fourth-order valence-electron chi connectivity index (χ4n) is 2.28. The largest absolute Gasteiger partial charge is 0.493 e. The number of carbonyl (C=O) groups excluding carboxylic acids is 1. The van der Waals surface area contributed by atoms with Crippen LogP contribution >= 0.6 is 11.6 Å². The number of hydrogen-bond acceptors (Lipinski definition) is 3. The number of carbonyl (C=O) groups is 1. The number of fused-ring (bicyclic) bond motifs is 1. The van der Waals surface area contributed by atoms with Gasteiger partial charge in [-0.15, -0.1) is 0 Å². The molecule has 96 valence electrons. The quantitative estimate of drug-likeness (QED) is 0.807. The van der Waals surface area contributed by atoms with Gasteiger partial charge in [0.2, 0.25) is 0 Å². The summed E-state index contributed by atoms with van der Waals surface area (Å²) in [6.07, 6.45) is 4.36. The highest BCUT2D eigenvalue weighted by Gasteiger charge is 2.19. The van der Waals surface area contributed by atoms with E-state index in [-0.39, 0.29) is 12.2 Å². The molecule has 0 atom stereocenters. The third kappa shape index (κ3) is 2.47. The van der Waals surface area contributed by atoms with Gasteiger partial charge in [0, 0.05) is 41.4 Å². The Kier molecular flexibility index (Phi) is 3.22. The number of ketones is 1. The van der Waals surface area contributed by atoms with Gasteiger partial charge in [-0.2, -0.15) is 0 Å². The number of nitrogens with zero attached hydrogens (tertiary/aromatic N) is 1. The number of aromatic nitrogens is 1. The average molecular weight is 274 g/mol. The number of benzene rings is 1. The predicted molar refractivity (Wildman–Crippen MR) is 72.9 cm³/mol. The van der Waals surface area contributed by atoms with Crippen molar-refractivity contribution in [3.05, 3.63) is 58.4 Å². The van der Waals surface area contributed by atoms with Crippen LogP contribution in [0.5, 0.6) is 5.75 Å². The average Bonchev–Trinajstić information content (AvgIpc) is 2.88. The van der Waals surface area contributed by atoms with E-state index in [0.29, 0.717) is 17.2 Å². The van der Waals surface area contributed by atoms with Gasteiger partial charge in [-0.3, -0.25) is 9.78 Å². The summed E-state index contributed by atoms with van der Waals surface area (Å²) in [6, 6.07) is 7.23. The van der Waals surface area contributed by atoms with Crippen LogP contribution in [0.25, 0.3) is 0 Å². The lowest BCUT2D eigenvalue weighted by molar-refractivity contribution is 0.0991. The molecule has 0 fully saturated rings. The van der Waals surface area contributed by atoms with Crippen molar-refractivity contribution in [2.45, 2.75) is 12.8 Å². The van der Waals surface area contributed by atoms with E-state index in [1.54, 1.807) is 30.6 Å². The van der Waals surface area contributed by atoms with Gasteiger partial charge in [-0.1, -0.05) is 11.6 Å². The predicted octanol–water partition coefficient (Wildman–Crippen LogP) is 3.10. The summed E-state index contributed by atoms with van der Waals surface area (Å²) in [7, 11) is 0. The van der Waals surface area contributed by atoms with Crippen LogP contribution < -0.4 is 4.74 Å². The fraction of sp³-hybridized carbons (Fsp3) is 0.200. The van der Waals surface area contributed by atoms with Crippen molar-refractivity contribution in [3.63, 3.8) is 0 Å². The molecule has 0 bridgehead atoms. The second kappa shape index (κ2) is 5.02. The SMILES string of the molecule is O=C(Cc1cc(Cl)cc2c1OCC2)c1cccnc1. The number of pyridine rings is 1. The molecule has 19 heavy (non-hydrogen) atoms. The van der Waals surface area contributed by atoms with Crippen molar-refractivity contribution >= 4 is 17.4 Å². The second-order valence-corrected chi connectivity index (χ2v) is 4.93. The van der Waals surface area contributed by atoms with Gasteiger partial charge in [0.05, 0.1) is 6.61 Å². The van der Waals surface area contributed by atoms with Crippen LogP contribution in [0.1, 0.15) is 21.5 Å². The molecule has 1 aromatic heterocycles. The molecule has 1 aliphatic rings. The smallest absolute Gasteiger partial charge is 0.168 e. The van der Waals surface area contributed by atoms with E-state index in [1.165, 1.54) is 0 Å². The molecule has 0 aliphatic carbocycles. The van der Waals surface area contributed by atoms with E-state index in [2.05, 4.69) is 4.98 Å². The Balaban J connectivity index is 1.90. The van der Waals surface area contributed by atoms with Crippen LogP contribution in [-0.2, 0) is 12.8 Å². The minimum atomic E-state index is 0.0214. The van der Waals surface area contributed by atoms with E-state index in [0.717, 1.165) is 23.3 Å². The standard InChI is InChI=1S/C15H12ClNO2/c16-13-6-10-3-5-19-15(10)12(7-13)8-14(18)11-2-1-4-17-9-11/h1-2,4,6-7,9H,3,5,8H2. The van der Waals surface area contributed by atoms with Crippen molar-refractivity contribution in [3.8, 4) is 5.75 Å². The number of Topliss-reactive ketones (excluding diaryl/α,β-unsaturated/α-hetero) is 1. The zero-order valence-electron chi connectivity index (χ0n) is 10.2. The van der Waals surface area contributed by atoms with Crippen LogP contribution in [0.4, 0.5) is 0 Å².